The summed E-state index contributed by atoms with van der Waals surface area (Å²) in [5, 5.41) is 9.01. The van der Waals surface area contributed by atoms with Gasteiger partial charge < -0.3 is 10.1 Å². The summed E-state index contributed by atoms with van der Waals surface area (Å²) < 4.78 is 0. The molecule has 0 aliphatic heterocycles. The minimum Gasteiger partial charge on any atom is -0.481 e. The van der Waals surface area contributed by atoms with Crippen LogP contribution in [0.1, 0.15) is 56.2 Å². The molecule has 0 bridgehead atoms. The molecule has 84 valence electrons. The standard InChI is InChI=1S/C11H18N2O2/c1-5-8(11(14)15)10-12-7(4)9(13-10)6(2)3/h6,8H,5H2,1-4H3,(H,12,13)(H,14,15). The highest BCUT2D eigenvalue weighted by Gasteiger charge is 2.22. The highest BCUT2D eigenvalue weighted by Crippen LogP contribution is 2.22. The molecule has 4 heteroatoms. The Labute approximate surface area is 89.7 Å². The van der Waals surface area contributed by atoms with Crippen LogP contribution in [0.25, 0.3) is 0 Å². The van der Waals surface area contributed by atoms with Crippen LogP contribution in [0.2, 0.25) is 0 Å². The summed E-state index contributed by atoms with van der Waals surface area (Å²) in [6.07, 6.45) is 0.555. The summed E-state index contributed by atoms with van der Waals surface area (Å²) in [5.41, 5.74) is 1.93. The summed E-state index contributed by atoms with van der Waals surface area (Å²) in [6.45, 7) is 7.88. The Morgan fingerprint density at radius 3 is 2.47 bits per heavy atom. The van der Waals surface area contributed by atoms with Crippen LogP contribution in [0.3, 0.4) is 0 Å². The van der Waals surface area contributed by atoms with Gasteiger partial charge >= 0.3 is 5.97 Å². The lowest BCUT2D eigenvalue weighted by Crippen LogP contribution is -2.12. The van der Waals surface area contributed by atoms with E-state index in [0.717, 1.165) is 11.4 Å². The Hall–Kier alpha value is -1.32. The van der Waals surface area contributed by atoms with Crippen molar-refractivity contribution in [1.29, 1.82) is 0 Å². The number of carboxylic acid groups (broad SMARTS) is 1. The summed E-state index contributed by atoms with van der Waals surface area (Å²) in [7, 11) is 0. The minimum atomic E-state index is -0.818. The number of aliphatic carboxylic acids is 1. The number of rotatable bonds is 4. The molecule has 0 aromatic carbocycles. The van der Waals surface area contributed by atoms with E-state index in [0.29, 0.717) is 18.2 Å². The van der Waals surface area contributed by atoms with Crippen LogP contribution in [-0.4, -0.2) is 21.0 Å². The number of imidazole rings is 1. The van der Waals surface area contributed by atoms with Crippen molar-refractivity contribution < 1.29 is 9.90 Å². The minimum absolute atomic E-state index is 0.321. The molecular weight excluding hydrogens is 192 g/mol. The predicted octanol–water partition coefficient (Wildman–Crippen LogP) is 2.42. The van der Waals surface area contributed by atoms with Crippen LogP contribution >= 0.6 is 0 Å². The zero-order valence-electron chi connectivity index (χ0n) is 9.66. The van der Waals surface area contributed by atoms with E-state index in [9.17, 15) is 4.79 Å². The van der Waals surface area contributed by atoms with Crippen molar-refractivity contribution in [3.8, 4) is 0 Å². The second kappa shape index (κ2) is 4.47. The van der Waals surface area contributed by atoms with Crippen molar-refractivity contribution in [2.24, 2.45) is 0 Å². The fourth-order valence-corrected chi connectivity index (χ4v) is 1.71. The molecule has 1 heterocycles. The number of carbonyl (C=O) groups is 1. The van der Waals surface area contributed by atoms with E-state index < -0.39 is 11.9 Å². The third-order valence-corrected chi connectivity index (χ3v) is 2.52. The van der Waals surface area contributed by atoms with E-state index >= 15 is 0 Å². The molecule has 1 aromatic heterocycles. The normalized spacial score (nSPS) is 13.1. The number of aromatic amines is 1. The first kappa shape index (κ1) is 11.8. The third-order valence-electron chi connectivity index (χ3n) is 2.52. The largest absolute Gasteiger partial charge is 0.481 e. The molecule has 0 amide bonds. The van der Waals surface area contributed by atoms with Crippen LogP contribution < -0.4 is 0 Å². The van der Waals surface area contributed by atoms with Crippen LogP contribution in [0.4, 0.5) is 0 Å². The topological polar surface area (TPSA) is 66.0 Å². The van der Waals surface area contributed by atoms with Crippen molar-refractivity contribution in [2.45, 2.75) is 46.0 Å². The summed E-state index contributed by atoms with van der Waals surface area (Å²) in [6, 6.07) is 0. The van der Waals surface area contributed by atoms with Crippen molar-refractivity contribution >= 4 is 5.97 Å². The van der Waals surface area contributed by atoms with Crippen LogP contribution in [-0.2, 0) is 4.79 Å². The monoisotopic (exact) mass is 210 g/mol. The Balaban J connectivity index is 3.05. The Bertz CT molecular complexity index is 355. The van der Waals surface area contributed by atoms with Crippen LogP contribution in [0.15, 0.2) is 0 Å². The summed E-state index contributed by atoms with van der Waals surface area (Å²) in [5.74, 6) is -0.440. The van der Waals surface area contributed by atoms with E-state index in [1.54, 1.807) is 0 Å². The van der Waals surface area contributed by atoms with Crippen LogP contribution in [0.5, 0.6) is 0 Å². The fourth-order valence-electron chi connectivity index (χ4n) is 1.71. The number of carboxylic acids is 1. The van der Waals surface area contributed by atoms with Gasteiger partial charge in [-0.15, -0.1) is 0 Å². The van der Waals surface area contributed by atoms with E-state index in [4.69, 9.17) is 5.11 Å². The van der Waals surface area contributed by atoms with Gasteiger partial charge in [-0.05, 0) is 19.3 Å². The van der Waals surface area contributed by atoms with E-state index in [1.807, 2.05) is 13.8 Å². The first-order chi connectivity index (χ1) is 6.97. The molecule has 4 nitrogen and oxygen atoms in total. The maximum Gasteiger partial charge on any atom is 0.314 e. The summed E-state index contributed by atoms with van der Waals surface area (Å²) >= 11 is 0. The average molecular weight is 210 g/mol. The fraction of sp³-hybridized carbons (Fsp3) is 0.636. The number of H-pyrrole nitrogens is 1. The molecular formula is C11H18N2O2. The average Bonchev–Trinajstić information content (AvgIpc) is 2.48. The number of hydrogen-bond acceptors (Lipinski definition) is 2. The van der Waals surface area contributed by atoms with Crippen LogP contribution in [0, 0.1) is 6.92 Å². The highest BCUT2D eigenvalue weighted by molar-refractivity contribution is 5.74. The van der Waals surface area contributed by atoms with Gasteiger partial charge in [-0.3, -0.25) is 4.79 Å². The number of aromatic nitrogens is 2. The lowest BCUT2D eigenvalue weighted by atomic mass is 10.1. The molecule has 1 aromatic rings. The first-order valence-electron chi connectivity index (χ1n) is 5.26. The molecule has 0 radical (unpaired) electrons. The van der Waals surface area contributed by atoms with Gasteiger partial charge in [-0.1, -0.05) is 20.8 Å². The molecule has 0 saturated heterocycles. The molecule has 0 aliphatic carbocycles. The van der Waals surface area contributed by atoms with Crippen molar-refractivity contribution in [3.05, 3.63) is 17.2 Å². The van der Waals surface area contributed by atoms with Gasteiger partial charge in [0.05, 0.1) is 5.69 Å². The van der Waals surface area contributed by atoms with Gasteiger partial charge in [0.1, 0.15) is 11.7 Å². The SMILES string of the molecule is CCC(C(=O)O)c1nc(C(C)C)c(C)[nH]1. The Kier molecular flexibility index (Phi) is 3.50. The summed E-state index contributed by atoms with van der Waals surface area (Å²) in [4.78, 5) is 18.4. The van der Waals surface area contributed by atoms with Crippen molar-refractivity contribution in [2.75, 3.05) is 0 Å². The lowest BCUT2D eigenvalue weighted by Gasteiger charge is -2.05. The zero-order chi connectivity index (χ0) is 11.6. The maximum absolute atomic E-state index is 11.0. The highest BCUT2D eigenvalue weighted by atomic mass is 16.4. The number of hydrogen-bond donors (Lipinski definition) is 2. The smallest absolute Gasteiger partial charge is 0.314 e. The van der Waals surface area contributed by atoms with Gasteiger partial charge in [0, 0.05) is 5.69 Å². The molecule has 0 spiro atoms. The molecule has 0 fully saturated rings. The van der Waals surface area contributed by atoms with Gasteiger partial charge in [-0.25, -0.2) is 4.98 Å². The van der Waals surface area contributed by atoms with Crippen molar-refractivity contribution in [3.63, 3.8) is 0 Å². The maximum atomic E-state index is 11.0. The Morgan fingerprint density at radius 2 is 2.13 bits per heavy atom. The zero-order valence-corrected chi connectivity index (χ0v) is 9.66. The van der Waals surface area contributed by atoms with E-state index in [1.165, 1.54) is 0 Å². The van der Waals surface area contributed by atoms with Gasteiger partial charge in [-0.2, -0.15) is 0 Å². The molecule has 1 rings (SSSR count). The van der Waals surface area contributed by atoms with E-state index in [2.05, 4.69) is 23.8 Å². The first-order valence-corrected chi connectivity index (χ1v) is 5.26. The Morgan fingerprint density at radius 1 is 1.53 bits per heavy atom. The second-order valence-corrected chi connectivity index (χ2v) is 4.09. The van der Waals surface area contributed by atoms with Gasteiger partial charge in [0.15, 0.2) is 0 Å². The molecule has 1 atom stereocenters. The van der Waals surface area contributed by atoms with Gasteiger partial charge in [0.25, 0.3) is 0 Å². The predicted molar refractivity (Wildman–Crippen MR) is 58.1 cm³/mol. The second-order valence-electron chi connectivity index (χ2n) is 4.09. The number of nitrogens with one attached hydrogen (secondary N) is 1. The molecule has 0 saturated carbocycles. The van der Waals surface area contributed by atoms with Gasteiger partial charge in [0.2, 0.25) is 0 Å². The van der Waals surface area contributed by atoms with Crippen molar-refractivity contribution in [1.82, 2.24) is 9.97 Å². The lowest BCUT2D eigenvalue weighted by molar-refractivity contribution is -0.139. The number of nitrogens with zero attached hydrogens (tertiary/aromatic N) is 1. The molecule has 1 unspecified atom stereocenters. The molecule has 2 N–H and O–H groups in total. The van der Waals surface area contributed by atoms with E-state index in [-0.39, 0.29) is 0 Å². The molecule has 15 heavy (non-hydrogen) atoms. The quantitative estimate of drug-likeness (QED) is 0.802. The number of aryl methyl sites for hydroxylation is 1. The molecule has 0 aliphatic rings. The third kappa shape index (κ3) is 2.37.